The van der Waals surface area contributed by atoms with E-state index in [0.29, 0.717) is 23.8 Å². The molecule has 0 spiro atoms. The fourth-order valence-corrected chi connectivity index (χ4v) is 1.56. The van der Waals surface area contributed by atoms with Gasteiger partial charge in [-0.1, -0.05) is 0 Å². The fraction of sp³-hybridized carbons (Fsp3) is 0.500. The number of aliphatic hydroxyl groups excluding tert-OH is 1. The fourth-order valence-electron chi connectivity index (χ4n) is 1.56. The molecule has 0 atom stereocenters. The van der Waals surface area contributed by atoms with Crippen molar-refractivity contribution in [2.24, 2.45) is 0 Å². The Kier molecular flexibility index (Phi) is 5.06. The minimum absolute atomic E-state index is 0.0164. The SMILES string of the molecule is COc1cc(OC)c(OC)cc1CN(C)CO. The monoisotopic (exact) mass is 241 g/mol. The number of rotatable bonds is 6. The molecule has 1 aromatic rings. The maximum atomic E-state index is 9.02. The molecule has 0 bridgehead atoms. The minimum Gasteiger partial charge on any atom is -0.496 e. The van der Waals surface area contributed by atoms with Crippen LogP contribution in [-0.4, -0.2) is 45.1 Å². The van der Waals surface area contributed by atoms with Crippen LogP contribution < -0.4 is 14.2 Å². The van der Waals surface area contributed by atoms with Crippen molar-refractivity contribution in [2.75, 3.05) is 35.1 Å². The highest BCUT2D eigenvalue weighted by Crippen LogP contribution is 2.34. The van der Waals surface area contributed by atoms with Gasteiger partial charge in [0.05, 0.1) is 28.1 Å². The standard InChI is InChI=1S/C12H19NO4/c1-13(8-14)7-9-5-11(16-3)12(17-4)6-10(9)15-2/h5-6,14H,7-8H2,1-4H3. The van der Waals surface area contributed by atoms with Gasteiger partial charge in [0.2, 0.25) is 0 Å². The van der Waals surface area contributed by atoms with Crippen molar-refractivity contribution in [3.05, 3.63) is 17.7 Å². The summed E-state index contributed by atoms with van der Waals surface area (Å²) < 4.78 is 15.7. The van der Waals surface area contributed by atoms with Gasteiger partial charge in [-0.05, 0) is 13.1 Å². The first-order valence-corrected chi connectivity index (χ1v) is 5.24. The van der Waals surface area contributed by atoms with Gasteiger partial charge < -0.3 is 19.3 Å². The van der Waals surface area contributed by atoms with E-state index < -0.39 is 0 Å². The molecule has 0 saturated heterocycles. The lowest BCUT2D eigenvalue weighted by Crippen LogP contribution is -2.19. The van der Waals surface area contributed by atoms with Crippen LogP contribution in [0.25, 0.3) is 0 Å². The molecule has 0 unspecified atom stereocenters. The number of hydrogen-bond acceptors (Lipinski definition) is 5. The van der Waals surface area contributed by atoms with Crippen molar-refractivity contribution < 1.29 is 19.3 Å². The maximum absolute atomic E-state index is 9.02. The molecule has 5 nitrogen and oxygen atoms in total. The van der Waals surface area contributed by atoms with Crippen molar-refractivity contribution in [1.29, 1.82) is 0 Å². The Morgan fingerprint density at radius 1 is 1.00 bits per heavy atom. The third kappa shape index (κ3) is 3.25. The maximum Gasteiger partial charge on any atom is 0.164 e. The molecule has 0 fully saturated rings. The van der Waals surface area contributed by atoms with Crippen molar-refractivity contribution >= 4 is 0 Å². The molecule has 0 aromatic heterocycles. The number of benzene rings is 1. The van der Waals surface area contributed by atoms with Crippen LogP contribution in [0.4, 0.5) is 0 Å². The third-order valence-electron chi connectivity index (χ3n) is 2.47. The van der Waals surface area contributed by atoms with Crippen molar-refractivity contribution in [2.45, 2.75) is 6.54 Å². The second-order valence-electron chi connectivity index (χ2n) is 3.67. The predicted octanol–water partition coefficient (Wildman–Crippen LogP) is 1.09. The highest BCUT2D eigenvalue weighted by Gasteiger charge is 2.12. The summed E-state index contributed by atoms with van der Waals surface area (Å²) in [6.07, 6.45) is 0. The zero-order valence-corrected chi connectivity index (χ0v) is 10.7. The van der Waals surface area contributed by atoms with Gasteiger partial charge in [-0.2, -0.15) is 0 Å². The Balaban J connectivity index is 3.09. The molecule has 96 valence electrons. The Bertz CT molecular complexity index is 368. The van der Waals surface area contributed by atoms with E-state index >= 15 is 0 Å². The van der Waals surface area contributed by atoms with Crippen LogP contribution in [0.2, 0.25) is 0 Å². The molecule has 5 heteroatoms. The number of methoxy groups -OCH3 is 3. The van der Waals surface area contributed by atoms with Crippen molar-refractivity contribution in [3.63, 3.8) is 0 Å². The van der Waals surface area contributed by atoms with E-state index in [1.54, 1.807) is 32.3 Å². The Labute approximate surface area is 102 Å². The van der Waals surface area contributed by atoms with Crippen LogP contribution in [-0.2, 0) is 6.54 Å². The highest BCUT2D eigenvalue weighted by atomic mass is 16.5. The van der Waals surface area contributed by atoms with E-state index in [2.05, 4.69) is 0 Å². The van der Waals surface area contributed by atoms with Crippen LogP contribution in [0.15, 0.2) is 12.1 Å². The molecular weight excluding hydrogens is 222 g/mol. The molecule has 1 aromatic carbocycles. The highest BCUT2D eigenvalue weighted by molar-refractivity contribution is 5.50. The molecule has 0 aliphatic carbocycles. The summed E-state index contributed by atoms with van der Waals surface area (Å²) in [5, 5.41) is 9.02. The second-order valence-corrected chi connectivity index (χ2v) is 3.67. The third-order valence-corrected chi connectivity index (χ3v) is 2.47. The van der Waals surface area contributed by atoms with E-state index in [-0.39, 0.29) is 6.73 Å². The van der Waals surface area contributed by atoms with Crippen LogP contribution in [0.5, 0.6) is 17.2 Å². The molecule has 17 heavy (non-hydrogen) atoms. The lowest BCUT2D eigenvalue weighted by Gasteiger charge is -2.18. The van der Waals surface area contributed by atoms with E-state index in [0.717, 1.165) is 5.56 Å². The summed E-state index contributed by atoms with van der Waals surface area (Å²) in [5.41, 5.74) is 0.932. The molecule has 0 amide bonds. The first kappa shape index (κ1) is 13.6. The molecule has 0 saturated carbocycles. The average molecular weight is 241 g/mol. The molecule has 0 aliphatic heterocycles. The van der Waals surface area contributed by atoms with Gasteiger partial charge >= 0.3 is 0 Å². The summed E-state index contributed by atoms with van der Waals surface area (Å²) in [4.78, 5) is 1.75. The minimum atomic E-state index is -0.0164. The Morgan fingerprint density at radius 2 is 1.53 bits per heavy atom. The number of ether oxygens (including phenoxy) is 3. The van der Waals surface area contributed by atoms with Gasteiger partial charge in [0.15, 0.2) is 11.5 Å². The van der Waals surface area contributed by atoms with Crippen molar-refractivity contribution in [3.8, 4) is 17.2 Å². The summed E-state index contributed by atoms with van der Waals surface area (Å²) in [7, 11) is 6.58. The number of hydrogen-bond donors (Lipinski definition) is 1. The first-order chi connectivity index (χ1) is 8.15. The van der Waals surface area contributed by atoms with E-state index in [9.17, 15) is 0 Å². The van der Waals surface area contributed by atoms with Crippen LogP contribution in [0.1, 0.15) is 5.56 Å². The van der Waals surface area contributed by atoms with Gasteiger partial charge in [-0.15, -0.1) is 0 Å². The van der Waals surface area contributed by atoms with Crippen LogP contribution >= 0.6 is 0 Å². The molecule has 1 N–H and O–H groups in total. The normalized spacial score (nSPS) is 10.5. The molecule has 0 heterocycles. The van der Waals surface area contributed by atoms with Gasteiger partial charge in [-0.3, -0.25) is 4.90 Å². The zero-order chi connectivity index (χ0) is 12.8. The Hall–Kier alpha value is -1.46. The van der Waals surface area contributed by atoms with E-state index in [4.69, 9.17) is 19.3 Å². The van der Waals surface area contributed by atoms with Gasteiger partial charge in [-0.25, -0.2) is 0 Å². The quantitative estimate of drug-likeness (QED) is 0.756. The summed E-state index contributed by atoms with van der Waals surface area (Å²) in [5.74, 6) is 1.98. The lowest BCUT2D eigenvalue weighted by molar-refractivity contribution is 0.126. The van der Waals surface area contributed by atoms with Gasteiger partial charge in [0.1, 0.15) is 5.75 Å². The first-order valence-electron chi connectivity index (χ1n) is 5.24. The molecule has 0 radical (unpaired) electrons. The van der Waals surface area contributed by atoms with Crippen LogP contribution in [0, 0.1) is 0 Å². The summed E-state index contributed by atoms with van der Waals surface area (Å²) >= 11 is 0. The van der Waals surface area contributed by atoms with E-state index in [1.165, 1.54) is 0 Å². The molecule has 0 aliphatic rings. The second kappa shape index (κ2) is 6.32. The zero-order valence-electron chi connectivity index (χ0n) is 10.7. The predicted molar refractivity (Wildman–Crippen MR) is 64.7 cm³/mol. The smallest absolute Gasteiger partial charge is 0.164 e. The van der Waals surface area contributed by atoms with E-state index in [1.807, 2.05) is 13.1 Å². The number of aliphatic hydroxyl groups is 1. The largest absolute Gasteiger partial charge is 0.496 e. The topological polar surface area (TPSA) is 51.2 Å². The number of nitrogens with zero attached hydrogens (tertiary/aromatic N) is 1. The molecule has 1 rings (SSSR count). The molecular formula is C12H19NO4. The van der Waals surface area contributed by atoms with Crippen LogP contribution in [0.3, 0.4) is 0 Å². The van der Waals surface area contributed by atoms with Crippen molar-refractivity contribution in [1.82, 2.24) is 4.90 Å². The van der Waals surface area contributed by atoms with Gasteiger partial charge in [0.25, 0.3) is 0 Å². The Morgan fingerprint density at radius 3 is 2.00 bits per heavy atom. The summed E-state index contributed by atoms with van der Waals surface area (Å²) in [6.45, 7) is 0.553. The van der Waals surface area contributed by atoms with Gasteiger partial charge in [0, 0.05) is 18.2 Å². The lowest BCUT2D eigenvalue weighted by atomic mass is 10.1. The average Bonchev–Trinajstić information content (AvgIpc) is 2.37. The summed E-state index contributed by atoms with van der Waals surface area (Å²) in [6, 6.07) is 3.63.